The molecule has 3 heteroatoms. The van der Waals surface area contributed by atoms with Crippen molar-refractivity contribution in [2.24, 2.45) is 0 Å². The number of rotatable bonds is 6. The van der Waals surface area contributed by atoms with Gasteiger partial charge in [-0.1, -0.05) is 0 Å². The number of hydrogen-bond donors (Lipinski definition) is 1. The molecule has 106 valence electrons. The first kappa shape index (κ1) is 15.6. The molecular formula is C17H21NOW. The van der Waals surface area contributed by atoms with Crippen LogP contribution in [0.5, 0.6) is 0 Å². The van der Waals surface area contributed by atoms with Gasteiger partial charge in [-0.05, 0) is 0 Å². The molecule has 1 aliphatic rings. The molecule has 2 nitrogen and oxygen atoms in total. The van der Waals surface area contributed by atoms with Crippen LogP contribution in [0.15, 0.2) is 54.6 Å². The normalized spacial score (nSPS) is 18.5. The van der Waals surface area contributed by atoms with Crippen molar-refractivity contribution >= 4 is 4.40 Å². The molecule has 20 heavy (non-hydrogen) atoms. The van der Waals surface area contributed by atoms with E-state index in [1.165, 1.54) is 30.5 Å². The van der Waals surface area contributed by atoms with Gasteiger partial charge in [0.1, 0.15) is 0 Å². The molecule has 1 atom stereocenters. The van der Waals surface area contributed by atoms with E-state index in [4.69, 9.17) is 4.74 Å². The number of benzene rings is 1. The second-order valence-corrected chi connectivity index (χ2v) is 5.74. The topological polar surface area (TPSA) is 21.3 Å². The molecule has 0 bridgehead atoms. The summed E-state index contributed by atoms with van der Waals surface area (Å²) in [7, 11) is 0. The first-order valence-electron chi connectivity index (χ1n) is 7.04. The Bertz CT molecular complexity index is 463. The van der Waals surface area contributed by atoms with Gasteiger partial charge in [-0.2, -0.15) is 0 Å². The Labute approximate surface area is 132 Å². The van der Waals surface area contributed by atoms with Crippen molar-refractivity contribution < 1.29 is 24.1 Å². The first-order valence-corrected chi connectivity index (χ1v) is 8.73. The predicted octanol–water partition coefficient (Wildman–Crippen LogP) is 2.96. The van der Waals surface area contributed by atoms with Gasteiger partial charge in [0.2, 0.25) is 0 Å². The molecule has 0 saturated carbocycles. The molecule has 1 aromatic carbocycles. The second kappa shape index (κ2) is 8.46. The van der Waals surface area contributed by atoms with Crippen molar-refractivity contribution in [3.8, 4) is 0 Å². The van der Waals surface area contributed by atoms with Gasteiger partial charge in [0.25, 0.3) is 0 Å². The molecule has 1 N–H and O–H groups in total. The van der Waals surface area contributed by atoms with E-state index in [0.29, 0.717) is 6.10 Å². The molecule has 0 radical (unpaired) electrons. The van der Waals surface area contributed by atoms with Gasteiger partial charge in [0, 0.05) is 0 Å². The number of ether oxygens (including phenoxy) is 1. The number of nitrogens with one attached hydrogen (secondary N) is 1. The third kappa shape index (κ3) is 4.34. The Hall–Kier alpha value is -0.822. The van der Waals surface area contributed by atoms with Crippen molar-refractivity contribution in [3.63, 3.8) is 0 Å². The van der Waals surface area contributed by atoms with Crippen molar-refractivity contribution in [2.75, 3.05) is 13.1 Å². The monoisotopic (exact) mass is 439 g/mol. The summed E-state index contributed by atoms with van der Waals surface area (Å²) in [6.07, 6.45) is 6.43. The number of piperidine rings is 1. The number of allylic oxidation sites excluding steroid dienone is 2. The Kier molecular flexibility index (Phi) is 6.59. The van der Waals surface area contributed by atoms with Gasteiger partial charge < -0.3 is 0 Å². The summed E-state index contributed by atoms with van der Waals surface area (Å²) in [6, 6.07) is 10.5. The fourth-order valence-corrected chi connectivity index (χ4v) is 3.15. The van der Waals surface area contributed by atoms with Crippen LogP contribution in [0.2, 0.25) is 0 Å². The molecule has 0 amide bonds. The van der Waals surface area contributed by atoms with Crippen LogP contribution >= 0.6 is 0 Å². The van der Waals surface area contributed by atoms with Gasteiger partial charge in [-0.25, -0.2) is 0 Å². The maximum atomic E-state index is 6.41. The van der Waals surface area contributed by atoms with E-state index in [9.17, 15) is 0 Å². The van der Waals surface area contributed by atoms with Crippen LogP contribution in [0.4, 0.5) is 0 Å². The third-order valence-corrected chi connectivity index (χ3v) is 4.44. The Morgan fingerprint density at radius 2 is 2.00 bits per heavy atom. The fraction of sp³-hybridized carbons (Fsp3) is 0.353. The van der Waals surface area contributed by atoms with Crippen molar-refractivity contribution in [1.29, 1.82) is 0 Å². The average molecular weight is 439 g/mol. The molecule has 1 fully saturated rings. The van der Waals surface area contributed by atoms with E-state index < -0.39 is 0 Å². The quantitative estimate of drug-likeness (QED) is 0.689. The van der Waals surface area contributed by atoms with Crippen LogP contribution in [-0.4, -0.2) is 23.6 Å². The molecular weight excluding hydrogens is 418 g/mol. The summed E-state index contributed by atoms with van der Waals surface area (Å²) in [5.74, 6) is 0. The van der Waals surface area contributed by atoms with E-state index in [1.54, 1.807) is 0 Å². The standard InChI is InChI=1S/C17H21NO.W/c1-3-7-14(2)17(15-8-5-4-6-9-15)19-16-10-12-18-13-11-16;/h2-9,16-18H,1,10-13H2;/b14-7+;. The third-order valence-electron chi connectivity index (χ3n) is 3.47. The Balaban J connectivity index is 2.21. The minimum absolute atomic E-state index is 0.0230. The molecule has 1 aromatic rings. The predicted molar refractivity (Wildman–Crippen MR) is 80.5 cm³/mol. The van der Waals surface area contributed by atoms with Gasteiger partial charge in [0.15, 0.2) is 0 Å². The zero-order chi connectivity index (χ0) is 14.2. The van der Waals surface area contributed by atoms with Gasteiger partial charge in [-0.15, -0.1) is 0 Å². The van der Waals surface area contributed by atoms with E-state index in [1.807, 2.05) is 12.1 Å². The molecule has 2 rings (SSSR count). The van der Waals surface area contributed by atoms with Gasteiger partial charge in [0.05, 0.1) is 0 Å². The molecule has 0 spiro atoms. The Morgan fingerprint density at radius 1 is 1.30 bits per heavy atom. The average Bonchev–Trinajstić information content (AvgIpc) is 2.52. The number of hydrogen-bond acceptors (Lipinski definition) is 2. The molecule has 1 saturated heterocycles. The molecule has 0 aliphatic carbocycles. The SMILES string of the molecule is C=C/C=C(\[CH]=[W])C(OC1CCNCC1)c1ccccc1. The summed E-state index contributed by atoms with van der Waals surface area (Å²) < 4.78 is 8.60. The van der Waals surface area contributed by atoms with Crippen LogP contribution in [0.3, 0.4) is 0 Å². The second-order valence-electron chi connectivity index (χ2n) is 4.90. The summed E-state index contributed by atoms with van der Waals surface area (Å²) in [4.78, 5) is 0. The first-order chi connectivity index (χ1) is 9.85. The van der Waals surface area contributed by atoms with Crippen LogP contribution in [0.1, 0.15) is 24.5 Å². The van der Waals surface area contributed by atoms with Crippen LogP contribution in [0, 0.1) is 0 Å². The Morgan fingerprint density at radius 3 is 2.60 bits per heavy atom. The van der Waals surface area contributed by atoms with Crippen LogP contribution in [0.25, 0.3) is 0 Å². The zero-order valence-electron chi connectivity index (χ0n) is 11.6. The minimum atomic E-state index is 0.0230. The van der Waals surface area contributed by atoms with Gasteiger partial charge >= 0.3 is 132 Å². The van der Waals surface area contributed by atoms with Gasteiger partial charge in [-0.3, -0.25) is 0 Å². The van der Waals surface area contributed by atoms with E-state index >= 15 is 0 Å². The fourth-order valence-electron chi connectivity index (χ4n) is 2.43. The zero-order valence-corrected chi connectivity index (χ0v) is 14.6. The van der Waals surface area contributed by atoms with Crippen molar-refractivity contribution in [2.45, 2.75) is 25.0 Å². The summed E-state index contributed by atoms with van der Waals surface area (Å²) in [5.41, 5.74) is 2.43. The van der Waals surface area contributed by atoms with E-state index in [0.717, 1.165) is 25.9 Å². The molecule has 0 aromatic heterocycles. The molecule has 1 aliphatic heterocycles. The summed E-state index contributed by atoms with van der Waals surface area (Å²) >= 11 is 1.43. The molecule has 1 heterocycles. The van der Waals surface area contributed by atoms with Crippen molar-refractivity contribution in [3.05, 3.63) is 60.2 Å². The summed E-state index contributed by atoms with van der Waals surface area (Å²) in [5, 5.41) is 3.38. The van der Waals surface area contributed by atoms with Crippen LogP contribution < -0.4 is 5.32 Å². The van der Waals surface area contributed by atoms with E-state index in [2.05, 4.69) is 46.6 Å². The van der Waals surface area contributed by atoms with Crippen LogP contribution in [-0.2, 0) is 24.1 Å². The summed E-state index contributed by atoms with van der Waals surface area (Å²) in [6.45, 7) is 5.92. The maximum absolute atomic E-state index is 6.41. The van der Waals surface area contributed by atoms with Crippen molar-refractivity contribution in [1.82, 2.24) is 5.32 Å². The molecule has 1 unspecified atom stereocenters. The van der Waals surface area contributed by atoms with E-state index in [-0.39, 0.29) is 6.10 Å².